The fourth-order valence-electron chi connectivity index (χ4n) is 3.03. The van der Waals surface area contributed by atoms with Gasteiger partial charge in [-0.25, -0.2) is 0 Å². The van der Waals surface area contributed by atoms with Gasteiger partial charge in [0.1, 0.15) is 0 Å². The molecule has 1 saturated carbocycles. The highest BCUT2D eigenvalue weighted by Crippen LogP contribution is 2.38. The highest BCUT2D eigenvalue weighted by Gasteiger charge is 2.40. The summed E-state index contributed by atoms with van der Waals surface area (Å²) < 4.78 is 0. The lowest BCUT2D eigenvalue weighted by Gasteiger charge is -2.29. The number of hydrogen-bond donors (Lipinski definition) is 1. The number of likely N-dealkylation sites (tertiary alicyclic amines) is 1. The smallest absolute Gasteiger partial charge is 0.225 e. The second-order valence-electron chi connectivity index (χ2n) is 5.16. The van der Waals surface area contributed by atoms with Gasteiger partial charge < -0.3 is 10.6 Å². The molecule has 0 aromatic carbocycles. The Kier molecular flexibility index (Phi) is 3.29. The molecule has 1 aliphatic carbocycles. The van der Waals surface area contributed by atoms with Gasteiger partial charge in [0, 0.05) is 18.5 Å². The number of piperidine rings is 1. The van der Waals surface area contributed by atoms with Crippen molar-refractivity contribution in [3.8, 4) is 0 Å². The highest BCUT2D eigenvalue weighted by molar-refractivity contribution is 5.79. The second-order valence-corrected chi connectivity index (χ2v) is 5.16. The molecule has 86 valence electrons. The van der Waals surface area contributed by atoms with Crippen molar-refractivity contribution in [3.63, 3.8) is 0 Å². The Morgan fingerprint density at radius 1 is 1.53 bits per heavy atom. The molecule has 1 aliphatic heterocycles. The molecule has 2 bridgehead atoms. The SMILES string of the molecule is CC(CCCN)C(=O)N1CC2CCC1C2. The molecule has 3 heteroatoms. The van der Waals surface area contributed by atoms with Crippen molar-refractivity contribution in [2.45, 2.75) is 45.1 Å². The zero-order chi connectivity index (χ0) is 10.8. The van der Waals surface area contributed by atoms with Crippen molar-refractivity contribution in [1.82, 2.24) is 4.90 Å². The van der Waals surface area contributed by atoms with Crippen molar-refractivity contribution in [3.05, 3.63) is 0 Å². The summed E-state index contributed by atoms with van der Waals surface area (Å²) in [6.45, 7) is 3.77. The molecule has 0 aromatic rings. The minimum atomic E-state index is 0.174. The summed E-state index contributed by atoms with van der Waals surface area (Å²) in [5, 5.41) is 0. The van der Waals surface area contributed by atoms with Crippen LogP contribution < -0.4 is 5.73 Å². The molecule has 1 heterocycles. The third kappa shape index (κ3) is 2.17. The van der Waals surface area contributed by atoms with Gasteiger partial charge in [0.25, 0.3) is 0 Å². The Morgan fingerprint density at radius 2 is 2.33 bits per heavy atom. The van der Waals surface area contributed by atoms with Gasteiger partial charge in [-0.05, 0) is 44.6 Å². The fourth-order valence-corrected chi connectivity index (χ4v) is 3.03. The third-order valence-corrected chi connectivity index (χ3v) is 3.96. The van der Waals surface area contributed by atoms with E-state index in [0.29, 0.717) is 18.5 Å². The van der Waals surface area contributed by atoms with Gasteiger partial charge in [-0.1, -0.05) is 6.92 Å². The zero-order valence-corrected chi connectivity index (χ0v) is 9.61. The maximum atomic E-state index is 12.1. The number of nitrogens with zero attached hydrogens (tertiary/aromatic N) is 1. The van der Waals surface area contributed by atoms with E-state index in [-0.39, 0.29) is 5.92 Å². The van der Waals surface area contributed by atoms with E-state index >= 15 is 0 Å². The van der Waals surface area contributed by atoms with Gasteiger partial charge in [-0.15, -0.1) is 0 Å². The minimum Gasteiger partial charge on any atom is -0.339 e. The van der Waals surface area contributed by atoms with E-state index < -0.39 is 0 Å². The van der Waals surface area contributed by atoms with Crippen LogP contribution in [0.1, 0.15) is 39.0 Å². The Hall–Kier alpha value is -0.570. The molecule has 2 aliphatic rings. The molecule has 0 spiro atoms. The van der Waals surface area contributed by atoms with Crippen molar-refractivity contribution >= 4 is 5.91 Å². The Balaban J connectivity index is 1.85. The van der Waals surface area contributed by atoms with E-state index in [1.54, 1.807) is 0 Å². The van der Waals surface area contributed by atoms with Gasteiger partial charge in [-0.2, -0.15) is 0 Å². The molecule has 0 aromatic heterocycles. The van der Waals surface area contributed by atoms with Gasteiger partial charge >= 0.3 is 0 Å². The summed E-state index contributed by atoms with van der Waals surface area (Å²) in [4.78, 5) is 14.3. The molecule has 2 N–H and O–H groups in total. The normalized spacial score (nSPS) is 30.9. The van der Waals surface area contributed by atoms with Gasteiger partial charge in [0.15, 0.2) is 0 Å². The summed E-state index contributed by atoms with van der Waals surface area (Å²) >= 11 is 0. The number of amides is 1. The van der Waals surface area contributed by atoms with Crippen LogP contribution in [-0.4, -0.2) is 29.9 Å². The number of carbonyl (C=O) groups excluding carboxylic acids is 1. The molecule has 3 nitrogen and oxygen atoms in total. The minimum absolute atomic E-state index is 0.174. The van der Waals surface area contributed by atoms with Crippen LogP contribution in [-0.2, 0) is 4.79 Å². The average Bonchev–Trinajstić information content (AvgIpc) is 2.86. The molecule has 2 fully saturated rings. The molecular weight excluding hydrogens is 188 g/mol. The lowest BCUT2D eigenvalue weighted by Crippen LogP contribution is -2.40. The van der Waals surface area contributed by atoms with E-state index in [0.717, 1.165) is 25.3 Å². The van der Waals surface area contributed by atoms with Crippen LogP contribution in [0.4, 0.5) is 0 Å². The second kappa shape index (κ2) is 4.52. The number of carbonyl (C=O) groups is 1. The molecule has 1 saturated heterocycles. The predicted molar refractivity (Wildman–Crippen MR) is 60.3 cm³/mol. The molecule has 2 rings (SSSR count). The summed E-state index contributed by atoms with van der Waals surface area (Å²) in [5.74, 6) is 1.35. The van der Waals surface area contributed by atoms with Crippen molar-refractivity contribution in [2.24, 2.45) is 17.6 Å². The Bertz CT molecular complexity index is 242. The average molecular weight is 210 g/mol. The lowest BCUT2D eigenvalue weighted by molar-refractivity contribution is -0.136. The maximum Gasteiger partial charge on any atom is 0.225 e. The largest absolute Gasteiger partial charge is 0.339 e. The van der Waals surface area contributed by atoms with Crippen molar-refractivity contribution < 1.29 is 4.79 Å². The summed E-state index contributed by atoms with van der Waals surface area (Å²) in [5.41, 5.74) is 5.47. The van der Waals surface area contributed by atoms with Crippen LogP contribution in [0, 0.1) is 11.8 Å². The van der Waals surface area contributed by atoms with Gasteiger partial charge in [0.2, 0.25) is 5.91 Å². The van der Waals surface area contributed by atoms with Gasteiger partial charge in [0.05, 0.1) is 0 Å². The molecular formula is C12H22N2O. The number of nitrogens with two attached hydrogens (primary N) is 1. The topological polar surface area (TPSA) is 46.3 Å². The van der Waals surface area contributed by atoms with Crippen molar-refractivity contribution in [2.75, 3.05) is 13.1 Å². The van der Waals surface area contributed by atoms with E-state index in [2.05, 4.69) is 4.90 Å². The van der Waals surface area contributed by atoms with Gasteiger partial charge in [-0.3, -0.25) is 4.79 Å². The molecule has 15 heavy (non-hydrogen) atoms. The van der Waals surface area contributed by atoms with E-state index in [4.69, 9.17) is 5.73 Å². The Labute approximate surface area is 92.0 Å². The highest BCUT2D eigenvalue weighted by atomic mass is 16.2. The van der Waals surface area contributed by atoms with Crippen LogP contribution >= 0.6 is 0 Å². The monoisotopic (exact) mass is 210 g/mol. The lowest BCUT2D eigenvalue weighted by atomic mass is 10.0. The van der Waals surface area contributed by atoms with E-state index in [1.165, 1.54) is 19.3 Å². The van der Waals surface area contributed by atoms with E-state index in [1.807, 2.05) is 6.92 Å². The number of hydrogen-bond acceptors (Lipinski definition) is 2. The predicted octanol–water partition coefficient (Wildman–Crippen LogP) is 1.37. The van der Waals surface area contributed by atoms with Crippen LogP contribution in [0.3, 0.4) is 0 Å². The first-order valence-corrected chi connectivity index (χ1v) is 6.23. The number of rotatable bonds is 4. The van der Waals surface area contributed by atoms with Crippen molar-refractivity contribution in [1.29, 1.82) is 0 Å². The first-order valence-electron chi connectivity index (χ1n) is 6.23. The molecule has 3 atom stereocenters. The first kappa shape index (κ1) is 10.9. The maximum absolute atomic E-state index is 12.1. The van der Waals surface area contributed by atoms with Crippen LogP contribution in [0.5, 0.6) is 0 Å². The fraction of sp³-hybridized carbons (Fsp3) is 0.917. The quantitative estimate of drug-likeness (QED) is 0.762. The van der Waals surface area contributed by atoms with E-state index in [9.17, 15) is 4.79 Å². The molecule has 3 unspecified atom stereocenters. The Morgan fingerprint density at radius 3 is 2.87 bits per heavy atom. The summed E-state index contributed by atoms with van der Waals surface area (Å²) in [6, 6.07) is 0.572. The summed E-state index contributed by atoms with van der Waals surface area (Å²) in [6.07, 6.45) is 5.75. The molecule has 0 radical (unpaired) electrons. The third-order valence-electron chi connectivity index (χ3n) is 3.96. The summed E-state index contributed by atoms with van der Waals surface area (Å²) in [7, 11) is 0. The van der Waals surface area contributed by atoms with Crippen LogP contribution in [0.2, 0.25) is 0 Å². The molecule has 1 amide bonds. The zero-order valence-electron chi connectivity index (χ0n) is 9.61. The number of fused-ring (bicyclic) bond motifs is 2. The standard InChI is InChI=1S/C12H22N2O/c1-9(3-2-6-13)12(15)14-8-10-4-5-11(14)7-10/h9-11H,2-8,13H2,1H3. The first-order chi connectivity index (χ1) is 7.22. The van der Waals surface area contributed by atoms with Crippen LogP contribution in [0.15, 0.2) is 0 Å². The van der Waals surface area contributed by atoms with Crippen LogP contribution in [0.25, 0.3) is 0 Å².